The molecule has 0 aliphatic heterocycles. The average Bonchev–Trinajstić information content (AvgIpc) is 2.84. The minimum absolute atomic E-state index is 0.314. The van der Waals surface area contributed by atoms with Gasteiger partial charge in [0.15, 0.2) is 11.5 Å². The normalized spacial score (nSPS) is 12.1. The molecule has 0 heterocycles. The molecule has 0 aliphatic rings. The summed E-state index contributed by atoms with van der Waals surface area (Å²) in [6.07, 6.45) is 2.43. The van der Waals surface area contributed by atoms with E-state index in [1.807, 2.05) is 30.3 Å². The average molecular weight is 498 g/mol. The second kappa shape index (κ2) is 11.4. The van der Waals surface area contributed by atoms with Gasteiger partial charge in [-0.15, -0.1) is 0 Å². The van der Waals surface area contributed by atoms with Gasteiger partial charge in [-0.05, 0) is 55.5 Å². The molecule has 3 aromatic rings. The maximum absolute atomic E-state index is 12.8. The van der Waals surface area contributed by atoms with Crippen molar-refractivity contribution in [1.29, 1.82) is 0 Å². The molecule has 1 atom stereocenters. The van der Waals surface area contributed by atoms with Crippen molar-refractivity contribution in [2.45, 2.75) is 13.0 Å². The lowest BCUT2D eigenvalue weighted by molar-refractivity contribution is -0.121. The number of nitrogens with zero attached hydrogens (tertiary/aromatic N) is 2. The van der Waals surface area contributed by atoms with E-state index in [0.717, 1.165) is 10.6 Å². The summed E-state index contributed by atoms with van der Waals surface area (Å²) < 4.78 is 42.5. The van der Waals surface area contributed by atoms with E-state index < -0.39 is 22.0 Å². The van der Waals surface area contributed by atoms with Crippen molar-refractivity contribution in [3.05, 3.63) is 78.4 Å². The number of carbonyl (C=O) groups is 1. The van der Waals surface area contributed by atoms with E-state index in [0.29, 0.717) is 34.2 Å². The van der Waals surface area contributed by atoms with Crippen LogP contribution in [0, 0.1) is 0 Å². The van der Waals surface area contributed by atoms with Crippen LogP contribution in [-0.4, -0.2) is 47.1 Å². The number of anilines is 1. The minimum Gasteiger partial charge on any atom is -0.493 e. The lowest BCUT2D eigenvalue weighted by Gasteiger charge is -2.27. The highest BCUT2D eigenvalue weighted by molar-refractivity contribution is 7.92. The van der Waals surface area contributed by atoms with Gasteiger partial charge in [-0.2, -0.15) is 5.10 Å². The van der Waals surface area contributed by atoms with Crippen molar-refractivity contribution in [1.82, 2.24) is 5.43 Å². The van der Waals surface area contributed by atoms with Crippen molar-refractivity contribution < 1.29 is 27.4 Å². The van der Waals surface area contributed by atoms with E-state index in [9.17, 15) is 13.2 Å². The van der Waals surface area contributed by atoms with Gasteiger partial charge >= 0.3 is 0 Å². The van der Waals surface area contributed by atoms with Crippen molar-refractivity contribution >= 4 is 27.8 Å². The molecule has 1 N–H and O–H groups in total. The molecule has 9 nitrogen and oxygen atoms in total. The number of sulfonamides is 1. The van der Waals surface area contributed by atoms with Crippen LogP contribution in [0.1, 0.15) is 12.5 Å². The Morgan fingerprint density at radius 1 is 0.943 bits per heavy atom. The van der Waals surface area contributed by atoms with Gasteiger partial charge in [0.25, 0.3) is 5.91 Å². The number of hydrogen-bond donors (Lipinski definition) is 1. The van der Waals surface area contributed by atoms with Gasteiger partial charge in [0.05, 0.1) is 32.4 Å². The van der Waals surface area contributed by atoms with E-state index in [-0.39, 0.29) is 0 Å². The fraction of sp³-hybridized carbons (Fsp3) is 0.200. The van der Waals surface area contributed by atoms with Crippen LogP contribution in [0.25, 0.3) is 0 Å². The second-order valence-corrected chi connectivity index (χ2v) is 9.32. The highest BCUT2D eigenvalue weighted by Crippen LogP contribution is 2.29. The van der Waals surface area contributed by atoms with Crippen LogP contribution in [0.4, 0.5) is 5.69 Å². The summed E-state index contributed by atoms with van der Waals surface area (Å²) in [5.41, 5.74) is 3.28. The van der Waals surface area contributed by atoms with E-state index in [2.05, 4.69) is 10.5 Å². The third-order valence-electron chi connectivity index (χ3n) is 4.97. The number of para-hydroxylation sites is 2. The Bertz CT molecular complexity index is 1280. The van der Waals surface area contributed by atoms with E-state index >= 15 is 0 Å². The van der Waals surface area contributed by atoms with Crippen LogP contribution in [0.2, 0.25) is 0 Å². The highest BCUT2D eigenvalue weighted by Gasteiger charge is 2.29. The van der Waals surface area contributed by atoms with E-state index in [1.165, 1.54) is 27.4 Å². The van der Waals surface area contributed by atoms with Crippen molar-refractivity contribution in [2.75, 3.05) is 24.8 Å². The molecule has 35 heavy (non-hydrogen) atoms. The summed E-state index contributed by atoms with van der Waals surface area (Å²) >= 11 is 0. The predicted octanol–water partition coefficient (Wildman–Crippen LogP) is 3.80. The van der Waals surface area contributed by atoms with Gasteiger partial charge in [0.1, 0.15) is 17.5 Å². The van der Waals surface area contributed by atoms with Crippen LogP contribution in [0.15, 0.2) is 77.9 Å². The number of carbonyl (C=O) groups excluding carboxylic acids is 1. The minimum atomic E-state index is -3.79. The van der Waals surface area contributed by atoms with Crippen molar-refractivity contribution in [3.8, 4) is 23.0 Å². The molecule has 3 aromatic carbocycles. The van der Waals surface area contributed by atoms with Crippen molar-refractivity contribution in [3.63, 3.8) is 0 Å². The molecular weight excluding hydrogens is 470 g/mol. The molecule has 0 saturated carbocycles. The van der Waals surface area contributed by atoms with E-state index in [1.54, 1.807) is 42.5 Å². The summed E-state index contributed by atoms with van der Waals surface area (Å²) in [5, 5.41) is 3.96. The first-order valence-corrected chi connectivity index (χ1v) is 12.5. The third-order valence-corrected chi connectivity index (χ3v) is 6.21. The van der Waals surface area contributed by atoms with Gasteiger partial charge < -0.3 is 14.2 Å². The Morgan fingerprint density at radius 2 is 1.60 bits per heavy atom. The van der Waals surface area contributed by atoms with Crippen LogP contribution in [0.5, 0.6) is 23.0 Å². The molecular formula is C25H27N3O6S. The Balaban J connectivity index is 1.75. The summed E-state index contributed by atoms with van der Waals surface area (Å²) in [6, 6.07) is 19.8. The number of benzene rings is 3. The maximum atomic E-state index is 12.8. The van der Waals surface area contributed by atoms with Crippen LogP contribution < -0.4 is 23.9 Å². The number of rotatable bonds is 10. The second-order valence-electron chi connectivity index (χ2n) is 7.46. The largest absolute Gasteiger partial charge is 0.493 e. The number of ether oxygens (including phenoxy) is 3. The standard InChI is InChI=1S/C25H27N3O6S/c1-18(25(29)27-26-17-19-9-8-12-23(32-2)24(19)33-3)28(35(4,30)31)20-13-15-22(16-14-20)34-21-10-6-5-7-11-21/h5-18H,1-4H3,(H,27,29)/b26-17-/t18-/m1/s1. The number of amides is 1. The third kappa shape index (κ3) is 6.51. The Kier molecular flexibility index (Phi) is 8.32. The molecule has 0 aromatic heterocycles. The first kappa shape index (κ1) is 25.6. The number of hydrogen-bond acceptors (Lipinski definition) is 7. The van der Waals surface area contributed by atoms with E-state index in [4.69, 9.17) is 14.2 Å². The number of nitrogens with one attached hydrogen (secondary N) is 1. The molecule has 0 saturated heterocycles. The summed E-state index contributed by atoms with van der Waals surface area (Å²) in [6.45, 7) is 1.48. The first-order chi connectivity index (χ1) is 16.7. The Hall–Kier alpha value is -4.05. The van der Waals surface area contributed by atoms with Crippen molar-refractivity contribution in [2.24, 2.45) is 5.10 Å². The lowest BCUT2D eigenvalue weighted by atomic mass is 10.2. The molecule has 0 spiro atoms. The van der Waals surface area contributed by atoms with Crippen LogP contribution >= 0.6 is 0 Å². The fourth-order valence-electron chi connectivity index (χ4n) is 3.37. The molecule has 184 valence electrons. The zero-order valence-electron chi connectivity index (χ0n) is 19.8. The van der Waals surface area contributed by atoms with Crippen LogP contribution in [-0.2, 0) is 14.8 Å². The molecule has 10 heteroatoms. The fourth-order valence-corrected chi connectivity index (χ4v) is 4.54. The summed E-state index contributed by atoms with van der Waals surface area (Å²) in [7, 11) is -0.775. The monoisotopic (exact) mass is 497 g/mol. The molecule has 1 amide bonds. The molecule has 3 rings (SSSR count). The lowest BCUT2D eigenvalue weighted by Crippen LogP contribution is -2.46. The van der Waals surface area contributed by atoms with Gasteiger partial charge in [-0.3, -0.25) is 9.10 Å². The zero-order chi connectivity index (χ0) is 25.4. The number of hydrazone groups is 1. The first-order valence-electron chi connectivity index (χ1n) is 10.6. The zero-order valence-corrected chi connectivity index (χ0v) is 20.7. The quantitative estimate of drug-likeness (QED) is 0.337. The Labute approximate surface area is 205 Å². The molecule has 0 radical (unpaired) electrons. The highest BCUT2D eigenvalue weighted by atomic mass is 32.2. The topological polar surface area (TPSA) is 107 Å². The molecule has 0 unspecified atom stereocenters. The van der Waals surface area contributed by atoms with Gasteiger partial charge in [0, 0.05) is 5.56 Å². The van der Waals surface area contributed by atoms with Gasteiger partial charge in [-0.25, -0.2) is 13.8 Å². The van der Waals surface area contributed by atoms with Gasteiger partial charge in [0.2, 0.25) is 10.0 Å². The van der Waals surface area contributed by atoms with Gasteiger partial charge in [-0.1, -0.05) is 24.3 Å². The maximum Gasteiger partial charge on any atom is 0.263 e. The molecule has 0 bridgehead atoms. The molecule has 0 aliphatic carbocycles. The summed E-state index contributed by atoms with van der Waals surface area (Å²) in [4.78, 5) is 12.8. The number of methoxy groups -OCH3 is 2. The molecule has 0 fully saturated rings. The SMILES string of the molecule is COc1cccc(/C=N\NC(=O)[C@@H](C)N(c2ccc(Oc3ccccc3)cc2)S(C)(=O)=O)c1OC. The summed E-state index contributed by atoms with van der Waals surface area (Å²) in [5.74, 6) is 1.54. The van der Waals surface area contributed by atoms with Crippen LogP contribution in [0.3, 0.4) is 0 Å². The smallest absolute Gasteiger partial charge is 0.263 e. The predicted molar refractivity (Wildman–Crippen MR) is 135 cm³/mol. The Morgan fingerprint density at radius 3 is 2.20 bits per heavy atom.